The first-order valence-electron chi connectivity index (χ1n) is 10.4. The standard InChI is InChI=1S/C25H31NO4/c1-18(22(27)17-23-25(2,3)30-23)14-16-29-21-11-9-19(10-12-21)13-15-26-24(28)20-7-5-4-6-8-20/h4-12,14,22-23,27H,13,15-17H2,1-3H3,(H,26,28)/t22-,23-/m1/s1. The molecule has 0 spiro atoms. The molecule has 1 heterocycles. The third kappa shape index (κ3) is 6.44. The van der Waals surface area contributed by atoms with Crippen LogP contribution in [0.15, 0.2) is 66.2 Å². The van der Waals surface area contributed by atoms with Crippen LogP contribution in [0.5, 0.6) is 5.75 Å². The molecule has 1 saturated heterocycles. The molecule has 1 amide bonds. The average Bonchev–Trinajstić information content (AvgIpc) is 3.35. The fourth-order valence-electron chi connectivity index (χ4n) is 3.22. The summed E-state index contributed by atoms with van der Waals surface area (Å²) < 4.78 is 11.3. The van der Waals surface area contributed by atoms with Gasteiger partial charge in [0.2, 0.25) is 0 Å². The van der Waals surface area contributed by atoms with Gasteiger partial charge in [-0.1, -0.05) is 30.3 Å². The predicted octanol–water partition coefficient (Wildman–Crippen LogP) is 3.91. The number of benzene rings is 2. The lowest BCUT2D eigenvalue weighted by atomic mass is 10.0. The van der Waals surface area contributed by atoms with Gasteiger partial charge in [0.05, 0.1) is 17.8 Å². The lowest BCUT2D eigenvalue weighted by Crippen LogP contribution is -2.25. The molecule has 1 aliphatic heterocycles. The van der Waals surface area contributed by atoms with Crippen molar-refractivity contribution in [2.24, 2.45) is 0 Å². The van der Waals surface area contributed by atoms with E-state index < -0.39 is 6.10 Å². The molecule has 0 unspecified atom stereocenters. The molecule has 3 rings (SSSR count). The van der Waals surface area contributed by atoms with Crippen molar-refractivity contribution < 1.29 is 19.4 Å². The van der Waals surface area contributed by atoms with Gasteiger partial charge >= 0.3 is 0 Å². The molecular weight excluding hydrogens is 378 g/mol. The van der Waals surface area contributed by atoms with Crippen molar-refractivity contribution in [2.75, 3.05) is 13.2 Å². The minimum Gasteiger partial charge on any atom is -0.490 e. The van der Waals surface area contributed by atoms with E-state index in [-0.39, 0.29) is 17.6 Å². The summed E-state index contributed by atoms with van der Waals surface area (Å²) in [7, 11) is 0. The van der Waals surface area contributed by atoms with Gasteiger partial charge in [0, 0.05) is 18.5 Å². The summed E-state index contributed by atoms with van der Waals surface area (Å²) in [6.45, 7) is 6.97. The second kappa shape index (κ2) is 9.92. The van der Waals surface area contributed by atoms with Crippen molar-refractivity contribution >= 4 is 5.91 Å². The normalized spacial score (nSPS) is 18.5. The summed E-state index contributed by atoms with van der Waals surface area (Å²) in [5, 5.41) is 13.2. The predicted molar refractivity (Wildman–Crippen MR) is 118 cm³/mol. The van der Waals surface area contributed by atoms with Crippen molar-refractivity contribution in [3.8, 4) is 5.75 Å². The Labute approximate surface area is 178 Å². The van der Waals surface area contributed by atoms with Gasteiger partial charge in [-0.25, -0.2) is 0 Å². The highest BCUT2D eigenvalue weighted by atomic mass is 16.6. The summed E-state index contributed by atoms with van der Waals surface area (Å²) in [6.07, 6.45) is 2.90. The van der Waals surface area contributed by atoms with E-state index in [1.165, 1.54) is 0 Å². The lowest BCUT2D eigenvalue weighted by molar-refractivity contribution is 0.0954. The van der Waals surface area contributed by atoms with E-state index in [0.29, 0.717) is 25.1 Å². The van der Waals surface area contributed by atoms with E-state index in [1.807, 2.05) is 69.3 Å². The molecule has 0 radical (unpaired) electrons. The maximum atomic E-state index is 12.0. The molecule has 1 fully saturated rings. The molecule has 0 aromatic heterocycles. The van der Waals surface area contributed by atoms with Gasteiger partial charge in [-0.15, -0.1) is 0 Å². The molecule has 30 heavy (non-hydrogen) atoms. The second-order valence-corrected chi connectivity index (χ2v) is 8.24. The quantitative estimate of drug-likeness (QED) is 0.461. The van der Waals surface area contributed by atoms with Crippen molar-refractivity contribution in [1.82, 2.24) is 5.32 Å². The highest BCUT2D eigenvalue weighted by Crippen LogP contribution is 2.39. The summed E-state index contributed by atoms with van der Waals surface area (Å²) in [5.74, 6) is 0.717. The Morgan fingerprint density at radius 1 is 1.20 bits per heavy atom. The summed E-state index contributed by atoms with van der Waals surface area (Å²) in [5.41, 5.74) is 2.59. The molecule has 0 aliphatic carbocycles. The van der Waals surface area contributed by atoms with Gasteiger partial charge in [0.1, 0.15) is 12.4 Å². The molecule has 0 saturated carbocycles. The zero-order valence-corrected chi connectivity index (χ0v) is 17.9. The molecule has 2 atom stereocenters. The number of carbonyl (C=O) groups is 1. The average molecular weight is 410 g/mol. The third-order valence-corrected chi connectivity index (χ3v) is 5.44. The maximum Gasteiger partial charge on any atom is 0.251 e. The van der Waals surface area contributed by atoms with Gasteiger partial charge in [-0.2, -0.15) is 0 Å². The van der Waals surface area contributed by atoms with Crippen molar-refractivity contribution in [3.05, 3.63) is 77.4 Å². The number of epoxide rings is 1. The van der Waals surface area contributed by atoms with Crippen LogP contribution in [0.3, 0.4) is 0 Å². The number of nitrogens with one attached hydrogen (secondary N) is 1. The Morgan fingerprint density at radius 3 is 2.50 bits per heavy atom. The molecule has 2 aromatic carbocycles. The first-order chi connectivity index (χ1) is 14.3. The highest BCUT2D eigenvalue weighted by Gasteiger charge is 2.48. The lowest BCUT2D eigenvalue weighted by Gasteiger charge is -2.11. The van der Waals surface area contributed by atoms with Crippen LogP contribution in [0.4, 0.5) is 0 Å². The maximum absolute atomic E-state index is 12.0. The van der Waals surface area contributed by atoms with Crippen molar-refractivity contribution in [3.63, 3.8) is 0 Å². The number of ether oxygens (including phenoxy) is 2. The van der Waals surface area contributed by atoms with Crippen molar-refractivity contribution in [2.45, 2.75) is 51.4 Å². The Hall–Kier alpha value is -2.63. The minimum atomic E-state index is -0.506. The Balaban J connectivity index is 1.37. The molecule has 5 heteroatoms. The Morgan fingerprint density at radius 2 is 1.87 bits per heavy atom. The van der Waals surface area contributed by atoms with Crippen LogP contribution >= 0.6 is 0 Å². The third-order valence-electron chi connectivity index (χ3n) is 5.44. The molecule has 1 aliphatic rings. The highest BCUT2D eigenvalue weighted by molar-refractivity contribution is 5.94. The van der Waals surface area contributed by atoms with Gasteiger partial charge in [0.25, 0.3) is 5.91 Å². The van der Waals surface area contributed by atoms with Gasteiger partial charge in [-0.05, 0) is 68.7 Å². The number of hydrogen-bond donors (Lipinski definition) is 2. The molecule has 160 valence electrons. The summed E-state index contributed by atoms with van der Waals surface area (Å²) in [4.78, 5) is 12.0. The van der Waals surface area contributed by atoms with E-state index in [0.717, 1.165) is 23.3 Å². The fourth-order valence-corrected chi connectivity index (χ4v) is 3.22. The van der Waals surface area contributed by atoms with Crippen LogP contribution in [0, 0.1) is 0 Å². The first kappa shape index (κ1) is 22.1. The number of amides is 1. The van der Waals surface area contributed by atoms with Gasteiger partial charge in [0.15, 0.2) is 0 Å². The summed E-state index contributed by atoms with van der Waals surface area (Å²) >= 11 is 0. The van der Waals surface area contributed by atoms with E-state index in [9.17, 15) is 9.90 Å². The number of hydrogen-bond acceptors (Lipinski definition) is 4. The second-order valence-electron chi connectivity index (χ2n) is 8.24. The number of rotatable bonds is 10. The summed E-state index contributed by atoms with van der Waals surface area (Å²) in [6, 6.07) is 17.1. The van der Waals surface area contributed by atoms with E-state index in [4.69, 9.17) is 9.47 Å². The van der Waals surface area contributed by atoms with Crippen LogP contribution in [0.1, 0.15) is 43.1 Å². The molecule has 2 aromatic rings. The zero-order chi connectivity index (χ0) is 21.6. The Kier molecular flexibility index (Phi) is 7.29. The zero-order valence-electron chi connectivity index (χ0n) is 17.9. The number of aliphatic hydroxyl groups is 1. The van der Waals surface area contributed by atoms with Crippen LogP contribution in [0.25, 0.3) is 0 Å². The van der Waals surface area contributed by atoms with E-state index in [1.54, 1.807) is 12.1 Å². The smallest absolute Gasteiger partial charge is 0.251 e. The van der Waals surface area contributed by atoms with Gasteiger partial charge in [-0.3, -0.25) is 4.79 Å². The molecule has 5 nitrogen and oxygen atoms in total. The number of aliphatic hydroxyl groups excluding tert-OH is 1. The number of carbonyl (C=O) groups excluding carboxylic acids is 1. The largest absolute Gasteiger partial charge is 0.490 e. The van der Waals surface area contributed by atoms with E-state index in [2.05, 4.69) is 5.32 Å². The van der Waals surface area contributed by atoms with Crippen LogP contribution in [-0.2, 0) is 11.2 Å². The molecule has 0 bridgehead atoms. The van der Waals surface area contributed by atoms with Crippen LogP contribution in [0.2, 0.25) is 0 Å². The monoisotopic (exact) mass is 409 g/mol. The van der Waals surface area contributed by atoms with Crippen LogP contribution < -0.4 is 10.1 Å². The van der Waals surface area contributed by atoms with Crippen molar-refractivity contribution in [1.29, 1.82) is 0 Å². The minimum absolute atomic E-state index is 0.0586. The fraction of sp³-hybridized carbons (Fsp3) is 0.400. The van der Waals surface area contributed by atoms with Crippen LogP contribution in [-0.4, -0.2) is 42.0 Å². The topological polar surface area (TPSA) is 71.1 Å². The first-order valence-corrected chi connectivity index (χ1v) is 10.4. The Bertz CT molecular complexity index is 858. The molecule has 2 N–H and O–H groups in total. The van der Waals surface area contributed by atoms with Gasteiger partial charge < -0.3 is 19.9 Å². The molecular formula is C25H31NO4. The SMILES string of the molecule is CC(=CCOc1ccc(CCNC(=O)c2ccccc2)cc1)[C@H](O)C[C@H]1OC1(C)C. The van der Waals surface area contributed by atoms with E-state index >= 15 is 0 Å².